The van der Waals surface area contributed by atoms with E-state index < -0.39 is 0 Å². The number of carbonyl (C=O) groups excluding carboxylic acids is 2. The zero-order valence-corrected chi connectivity index (χ0v) is 17.9. The lowest BCUT2D eigenvalue weighted by molar-refractivity contribution is -0.124. The summed E-state index contributed by atoms with van der Waals surface area (Å²) in [5.74, 6) is 0.760. The van der Waals surface area contributed by atoms with E-state index in [0.717, 1.165) is 24.0 Å². The maximum atomic E-state index is 12.2. The van der Waals surface area contributed by atoms with Crippen LogP contribution in [0.4, 0.5) is 0 Å². The number of hydrogen-bond acceptors (Lipinski definition) is 4. The largest absolute Gasteiger partial charge is 0.490 e. The molecule has 1 saturated carbocycles. The molecule has 0 spiro atoms. The smallest absolute Gasteiger partial charge is 0.244 e. The van der Waals surface area contributed by atoms with E-state index in [1.807, 2.05) is 55.5 Å². The lowest BCUT2D eigenvalue weighted by Crippen LogP contribution is -2.35. The van der Waals surface area contributed by atoms with Crippen molar-refractivity contribution in [2.24, 2.45) is 0 Å². The molecule has 6 nitrogen and oxygen atoms in total. The van der Waals surface area contributed by atoms with Gasteiger partial charge in [-0.2, -0.15) is 0 Å². The van der Waals surface area contributed by atoms with Crippen LogP contribution in [0.25, 0.3) is 6.08 Å². The van der Waals surface area contributed by atoms with Gasteiger partial charge in [-0.05, 0) is 50.3 Å². The molecule has 0 atom stereocenters. The van der Waals surface area contributed by atoms with E-state index in [1.54, 1.807) is 6.08 Å². The second kappa shape index (κ2) is 11.8. The first kappa shape index (κ1) is 22.4. The molecule has 0 unspecified atom stereocenters. The predicted molar refractivity (Wildman–Crippen MR) is 121 cm³/mol. The number of rotatable bonds is 10. The van der Waals surface area contributed by atoms with Crippen LogP contribution in [0, 0.1) is 0 Å². The minimum Gasteiger partial charge on any atom is -0.490 e. The highest BCUT2D eigenvalue weighted by Gasteiger charge is 2.20. The Morgan fingerprint density at radius 2 is 1.81 bits per heavy atom. The first-order valence-electron chi connectivity index (χ1n) is 10.8. The van der Waals surface area contributed by atoms with Crippen LogP contribution in [0.5, 0.6) is 11.5 Å². The van der Waals surface area contributed by atoms with E-state index >= 15 is 0 Å². The summed E-state index contributed by atoms with van der Waals surface area (Å²) in [6, 6.07) is 15.3. The van der Waals surface area contributed by atoms with Gasteiger partial charge in [-0.25, -0.2) is 0 Å². The molecule has 1 fully saturated rings. The average molecular weight is 423 g/mol. The predicted octanol–water partition coefficient (Wildman–Crippen LogP) is 3.85. The highest BCUT2D eigenvalue weighted by atomic mass is 16.5. The summed E-state index contributed by atoms with van der Waals surface area (Å²) in [6.45, 7) is 2.81. The minimum absolute atomic E-state index is 0.0829. The highest BCUT2D eigenvalue weighted by Crippen LogP contribution is 2.35. The molecule has 0 heterocycles. The normalized spacial score (nSPS) is 13.8. The molecule has 0 aromatic heterocycles. The standard InChI is InChI=1S/C25H30N2O4/c1-2-30-22-14-8-11-20(25(22)31-21-12-6-7-13-21)15-16-23(28)27-18-24(29)26-17-19-9-4-3-5-10-19/h3-5,8-11,14-16,21H,2,6-7,12-13,17-18H2,1H3,(H,26,29)(H,27,28)/b16-15+. The average Bonchev–Trinajstić information content (AvgIpc) is 3.30. The van der Waals surface area contributed by atoms with Gasteiger partial charge >= 0.3 is 0 Å². The third kappa shape index (κ3) is 7.17. The van der Waals surface area contributed by atoms with E-state index in [9.17, 15) is 9.59 Å². The van der Waals surface area contributed by atoms with Gasteiger partial charge in [-0.3, -0.25) is 9.59 Å². The minimum atomic E-state index is -0.344. The summed E-state index contributed by atoms with van der Waals surface area (Å²) in [4.78, 5) is 24.2. The van der Waals surface area contributed by atoms with Crippen molar-refractivity contribution in [1.29, 1.82) is 0 Å². The molecule has 164 valence electrons. The van der Waals surface area contributed by atoms with Gasteiger partial charge < -0.3 is 20.1 Å². The molecule has 0 radical (unpaired) electrons. The molecule has 2 aromatic rings. The fourth-order valence-corrected chi connectivity index (χ4v) is 3.48. The first-order chi connectivity index (χ1) is 15.2. The molecule has 0 saturated heterocycles. The summed E-state index contributed by atoms with van der Waals surface area (Å²) in [6.07, 6.45) is 7.68. The molecule has 1 aliphatic rings. The highest BCUT2D eigenvalue weighted by molar-refractivity contribution is 5.94. The van der Waals surface area contributed by atoms with Gasteiger partial charge in [0.25, 0.3) is 0 Å². The van der Waals surface area contributed by atoms with Crippen molar-refractivity contribution >= 4 is 17.9 Å². The van der Waals surface area contributed by atoms with Crippen LogP contribution in [0.15, 0.2) is 54.6 Å². The maximum Gasteiger partial charge on any atom is 0.244 e. The van der Waals surface area contributed by atoms with Crippen LogP contribution in [0.2, 0.25) is 0 Å². The van der Waals surface area contributed by atoms with Crippen molar-refractivity contribution in [2.45, 2.75) is 45.3 Å². The van der Waals surface area contributed by atoms with Crippen molar-refractivity contribution in [1.82, 2.24) is 10.6 Å². The number of ether oxygens (including phenoxy) is 2. The fourth-order valence-electron chi connectivity index (χ4n) is 3.48. The Kier molecular flexibility index (Phi) is 8.52. The number of amides is 2. The van der Waals surface area contributed by atoms with Gasteiger partial charge in [-0.1, -0.05) is 42.5 Å². The molecule has 31 heavy (non-hydrogen) atoms. The fraction of sp³-hybridized carbons (Fsp3) is 0.360. The Morgan fingerprint density at radius 1 is 1.03 bits per heavy atom. The SMILES string of the molecule is CCOc1cccc(/C=C/C(=O)NCC(=O)NCc2ccccc2)c1OC1CCCC1. The number of nitrogens with one attached hydrogen (secondary N) is 2. The molecule has 2 amide bonds. The van der Waals surface area contributed by atoms with E-state index in [-0.39, 0.29) is 24.5 Å². The Bertz CT molecular complexity index is 890. The van der Waals surface area contributed by atoms with Crippen LogP contribution in [0.1, 0.15) is 43.7 Å². The molecule has 6 heteroatoms. The van der Waals surface area contributed by atoms with Crippen LogP contribution in [-0.2, 0) is 16.1 Å². The quantitative estimate of drug-likeness (QED) is 0.570. The van der Waals surface area contributed by atoms with Crippen molar-refractivity contribution in [3.63, 3.8) is 0 Å². The third-order valence-electron chi connectivity index (χ3n) is 5.07. The van der Waals surface area contributed by atoms with E-state index in [4.69, 9.17) is 9.47 Å². The van der Waals surface area contributed by atoms with E-state index in [1.165, 1.54) is 18.9 Å². The summed E-state index contributed by atoms with van der Waals surface area (Å²) >= 11 is 0. The van der Waals surface area contributed by atoms with Crippen molar-refractivity contribution in [3.8, 4) is 11.5 Å². The Hall–Kier alpha value is -3.28. The van der Waals surface area contributed by atoms with Crippen molar-refractivity contribution in [3.05, 3.63) is 65.7 Å². The van der Waals surface area contributed by atoms with Crippen LogP contribution >= 0.6 is 0 Å². The maximum absolute atomic E-state index is 12.2. The molecule has 2 aromatic carbocycles. The molecular weight excluding hydrogens is 392 g/mol. The molecule has 2 N–H and O–H groups in total. The summed E-state index contributed by atoms with van der Waals surface area (Å²) in [7, 11) is 0. The lowest BCUT2D eigenvalue weighted by atomic mass is 10.1. The van der Waals surface area contributed by atoms with Gasteiger partial charge in [0, 0.05) is 18.2 Å². The molecular formula is C25H30N2O4. The van der Waals surface area contributed by atoms with Crippen LogP contribution < -0.4 is 20.1 Å². The zero-order valence-electron chi connectivity index (χ0n) is 17.9. The van der Waals surface area contributed by atoms with Gasteiger partial charge in [-0.15, -0.1) is 0 Å². The molecule has 1 aliphatic carbocycles. The number of para-hydroxylation sites is 1. The van der Waals surface area contributed by atoms with Gasteiger partial charge in [0.05, 0.1) is 19.3 Å². The molecule has 0 aliphatic heterocycles. The summed E-state index contributed by atoms with van der Waals surface area (Å²) < 4.78 is 11.9. The van der Waals surface area contributed by atoms with Gasteiger partial charge in [0.1, 0.15) is 0 Å². The van der Waals surface area contributed by atoms with Gasteiger partial charge in [0.15, 0.2) is 11.5 Å². The van der Waals surface area contributed by atoms with E-state index in [0.29, 0.717) is 24.7 Å². The summed E-state index contributed by atoms with van der Waals surface area (Å²) in [5, 5.41) is 5.40. The second-order valence-corrected chi connectivity index (χ2v) is 7.45. The number of hydrogen-bond donors (Lipinski definition) is 2. The van der Waals surface area contributed by atoms with Crippen LogP contribution in [-0.4, -0.2) is 31.1 Å². The molecule has 3 rings (SSSR count). The first-order valence-corrected chi connectivity index (χ1v) is 10.8. The second-order valence-electron chi connectivity index (χ2n) is 7.45. The summed E-state index contributed by atoms with van der Waals surface area (Å²) in [5.41, 5.74) is 1.78. The van der Waals surface area contributed by atoms with E-state index in [2.05, 4.69) is 10.6 Å². The number of benzene rings is 2. The zero-order chi connectivity index (χ0) is 21.9. The van der Waals surface area contributed by atoms with Crippen LogP contribution in [0.3, 0.4) is 0 Å². The Morgan fingerprint density at radius 3 is 2.55 bits per heavy atom. The third-order valence-corrected chi connectivity index (χ3v) is 5.07. The van der Waals surface area contributed by atoms with Crippen molar-refractivity contribution < 1.29 is 19.1 Å². The monoisotopic (exact) mass is 422 g/mol. The lowest BCUT2D eigenvalue weighted by Gasteiger charge is -2.18. The number of carbonyl (C=O) groups is 2. The topological polar surface area (TPSA) is 76.7 Å². The molecule has 0 bridgehead atoms. The Labute approximate surface area is 183 Å². The van der Waals surface area contributed by atoms with Crippen molar-refractivity contribution in [2.75, 3.05) is 13.2 Å². The Balaban J connectivity index is 1.55. The van der Waals surface area contributed by atoms with Gasteiger partial charge in [0.2, 0.25) is 11.8 Å².